The second-order valence-electron chi connectivity index (χ2n) is 3.30. The zero-order valence-electron chi connectivity index (χ0n) is 8.81. The molecule has 0 aliphatic heterocycles. The largest absolute Gasteiger partial charge is 0.384 e. The third-order valence-electron chi connectivity index (χ3n) is 2.21. The molecule has 0 aliphatic carbocycles. The molecular formula is C10H13N5. The van der Waals surface area contributed by atoms with Crippen molar-refractivity contribution in [3.05, 3.63) is 24.0 Å². The van der Waals surface area contributed by atoms with Crippen molar-refractivity contribution >= 4 is 5.82 Å². The molecule has 2 heterocycles. The lowest BCUT2D eigenvalue weighted by Crippen LogP contribution is -2.02. The highest BCUT2D eigenvalue weighted by Gasteiger charge is 2.07. The standard InChI is InChI=1S/C10H13N5/c1-3-7-6-9(11)14-10(13-7)8-4-5-12-15(8)2/h4-6H,3H2,1-2H3,(H2,11,13,14). The Balaban J connectivity index is 2.53. The minimum absolute atomic E-state index is 0.498. The summed E-state index contributed by atoms with van der Waals surface area (Å²) in [7, 11) is 1.85. The average molecular weight is 203 g/mol. The molecule has 5 heteroatoms. The summed E-state index contributed by atoms with van der Waals surface area (Å²) in [6.07, 6.45) is 2.56. The van der Waals surface area contributed by atoms with E-state index >= 15 is 0 Å². The van der Waals surface area contributed by atoms with Gasteiger partial charge < -0.3 is 5.73 Å². The van der Waals surface area contributed by atoms with Crippen molar-refractivity contribution in [2.75, 3.05) is 5.73 Å². The van der Waals surface area contributed by atoms with E-state index in [-0.39, 0.29) is 0 Å². The number of hydrogen-bond donors (Lipinski definition) is 1. The van der Waals surface area contributed by atoms with Crippen LogP contribution < -0.4 is 5.73 Å². The maximum Gasteiger partial charge on any atom is 0.180 e. The number of anilines is 1. The molecule has 2 rings (SSSR count). The quantitative estimate of drug-likeness (QED) is 0.791. The van der Waals surface area contributed by atoms with Gasteiger partial charge in [-0.3, -0.25) is 4.68 Å². The molecule has 78 valence electrons. The Hall–Kier alpha value is -1.91. The molecule has 2 N–H and O–H groups in total. The fraction of sp³-hybridized carbons (Fsp3) is 0.300. The average Bonchev–Trinajstić information content (AvgIpc) is 2.63. The molecule has 15 heavy (non-hydrogen) atoms. The van der Waals surface area contributed by atoms with Crippen molar-refractivity contribution in [3.63, 3.8) is 0 Å². The molecule has 0 saturated carbocycles. The van der Waals surface area contributed by atoms with Crippen LogP contribution in [0.5, 0.6) is 0 Å². The van der Waals surface area contributed by atoms with Crippen LogP contribution in [0.15, 0.2) is 18.3 Å². The summed E-state index contributed by atoms with van der Waals surface area (Å²) in [5.41, 5.74) is 7.53. The van der Waals surface area contributed by atoms with Gasteiger partial charge in [0.25, 0.3) is 0 Å². The van der Waals surface area contributed by atoms with Crippen molar-refractivity contribution in [1.82, 2.24) is 19.7 Å². The van der Waals surface area contributed by atoms with Gasteiger partial charge in [0.2, 0.25) is 0 Å². The van der Waals surface area contributed by atoms with Crippen LogP contribution in [0.1, 0.15) is 12.6 Å². The fourth-order valence-corrected chi connectivity index (χ4v) is 1.41. The lowest BCUT2D eigenvalue weighted by Gasteiger charge is -2.04. The Morgan fingerprint density at radius 2 is 2.20 bits per heavy atom. The normalized spacial score (nSPS) is 10.5. The van der Waals surface area contributed by atoms with E-state index in [0.29, 0.717) is 11.6 Å². The lowest BCUT2D eigenvalue weighted by molar-refractivity contribution is 0.769. The lowest BCUT2D eigenvalue weighted by atomic mass is 10.3. The zero-order chi connectivity index (χ0) is 10.8. The van der Waals surface area contributed by atoms with Crippen LogP contribution in [-0.2, 0) is 13.5 Å². The molecule has 0 bridgehead atoms. The topological polar surface area (TPSA) is 69.6 Å². The molecule has 2 aromatic heterocycles. The van der Waals surface area contributed by atoms with Gasteiger partial charge in [0.05, 0.1) is 0 Å². The zero-order valence-corrected chi connectivity index (χ0v) is 8.81. The first-order valence-electron chi connectivity index (χ1n) is 4.82. The number of hydrogen-bond acceptors (Lipinski definition) is 4. The van der Waals surface area contributed by atoms with Crippen molar-refractivity contribution in [3.8, 4) is 11.5 Å². The number of nitrogen functional groups attached to an aromatic ring is 1. The van der Waals surface area contributed by atoms with E-state index in [4.69, 9.17) is 5.73 Å². The molecule has 0 atom stereocenters. The van der Waals surface area contributed by atoms with E-state index in [1.807, 2.05) is 20.0 Å². The van der Waals surface area contributed by atoms with Gasteiger partial charge in [0, 0.05) is 25.0 Å². The number of nitrogens with zero attached hydrogens (tertiary/aromatic N) is 4. The molecule has 0 saturated heterocycles. The summed E-state index contributed by atoms with van der Waals surface area (Å²) in [4.78, 5) is 8.59. The van der Waals surface area contributed by atoms with E-state index in [1.165, 1.54) is 0 Å². The molecule has 0 unspecified atom stereocenters. The predicted octanol–water partition coefficient (Wildman–Crippen LogP) is 1.02. The summed E-state index contributed by atoms with van der Waals surface area (Å²) in [5.74, 6) is 1.13. The Labute approximate surface area is 88.0 Å². The van der Waals surface area contributed by atoms with Gasteiger partial charge in [0.15, 0.2) is 5.82 Å². The van der Waals surface area contributed by atoms with Gasteiger partial charge in [-0.05, 0) is 12.5 Å². The predicted molar refractivity (Wildman–Crippen MR) is 58.0 cm³/mol. The minimum Gasteiger partial charge on any atom is -0.384 e. The highest BCUT2D eigenvalue weighted by molar-refractivity contribution is 5.52. The molecule has 2 aromatic rings. The second kappa shape index (κ2) is 3.68. The van der Waals surface area contributed by atoms with Gasteiger partial charge in [-0.25, -0.2) is 9.97 Å². The maximum atomic E-state index is 5.71. The summed E-state index contributed by atoms with van der Waals surface area (Å²) in [6.45, 7) is 2.04. The van der Waals surface area contributed by atoms with E-state index in [2.05, 4.69) is 15.1 Å². The van der Waals surface area contributed by atoms with Crippen LogP contribution in [-0.4, -0.2) is 19.7 Å². The van der Waals surface area contributed by atoms with E-state index in [9.17, 15) is 0 Å². The monoisotopic (exact) mass is 203 g/mol. The summed E-state index contributed by atoms with van der Waals surface area (Å²) in [5, 5.41) is 4.07. The van der Waals surface area contributed by atoms with E-state index in [1.54, 1.807) is 16.9 Å². The molecule has 0 aromatic carbocycles. The summed E-state index contributed by atoms with van der Waals surface area (Å²) < 4.78 is 1.73. The molecule has 0 fully saturated rings. The first-order chi connectivity index (χ1) is 7.20. The number of aryl methyl sites for hydroxylation is 2. The molecule has 0 spiro atoms. The fourth-order valence-electron chi connectivity index (χ4n) is 1.41. The van der Waals surface area contributed by atoms with Crippen LogP contribution in [0.3, 0.4) is 0 Å². The Morgan fingerprint density at radius 1 is 1.40 bits per heavy atom. The first kappa shape index (κ1) is 9.64. The third kappa shape index (κ3) is 1.81. The molecule has 0 radical (unpaired) electrons. The van der Waals surface area contributed by atoms with E-state index < -0.39 is 0 Å². The van der Waals surface area contributed by atoms with Crippen LogP contribution in [0, 0.1) is 0 Å². The Kier molecular flexibility index (Phi) is 2.37. The van der Waals surface area contributed by atoms with Crippen LogP contribution >= 0.6 is 0 Å². The number of aromatic nitrogens is 4. The number of nitrogens with two attached hydrogens (primary N) is 1. The minimum atomic E-state index is 0.498. The van der Waals surface area contributed by atoms with Crippen molar-refractivity contribution < 1.29 is 0 Å². The van der Waals surface area contributed by atoms with Gasteiger partial charge in [-0.1, -0.05) is 6.92 Å². The van der Waals surface area contributed by atoms with Crippen LogP contribution in [0.25, 0.3) is 11.5 Å². The third-order valence-corrected chi connectivity index (χ3v) is 2.21. The smallest absolute Gasteiger partial charge is 0.180 e. The first-order valence-corrected chi connectivity index (χ1v) is 4.82. The van der Waals surface area contributed by atoms with Crippen LogP contribution in [0.2, 0.25) is 0 Å². The molecular weight excluding hydrogens is 190 g/mol. The highest BCUT2D eigenvalue weighted by atomic mass is 15.3. The SMILES string of the molecule is CCc1cc(N)nc(-c2ccnn2C)n1. The van der Waals surface area contributed by atoms with Gasteiger partial charge in [0.1, 0.15) is 11.5 Å². The molecule has 5 nitrogen and oxygen atoms in total. The number of rotatable bonds is 2. The Bertz CT molecular complexity index is 474. The van der Waals surface area contributed by atoms with Crippen LogP contribution in [0.4, 0.5) is 5.82 Å². The second-order valence-corrected chi connectivity index (χ2v) is 3.30. The Morgan fingerprint density at radius 3 is 2.80 bits per heavy atom. The van der Waals surface area contributed by atoms with Crippen molar-refractivity contribution in [2.45, 2.75) is 13.3 Å². The van der Waals surface area contributed by atoms with Gasteiger partial charge in [-0.2, -0.15) is 5.10 Å². The molecule has 0 aliphatic rings. The van der Waals surface area contributed by atoms with Crippen molar-refractivity contribution in [2.24, 2.45) is 7.05 Å². The van der Waals surface area contributed by atoms with E-state index in [0.717, 1.165) is 17.8 Å². The van der Waals surface area contributed by atoms with Gasteiger partial charge >= 0.3 is 0 Å². The van der Waals surface area contributed by atoms with Gasteiger partial charge in [-0.15, -0.1) is 0 Å². The van der Waals surface area contributed by atoms with Crippen molar-refractivity contribution in [1.29, 1.82) is 0 Å². The summed E-state index contributed by atoms with van der Waals surface area (Å²) in [6, 6.07) is 3.66. The maximum absolute atomic E-state index is 5.71. The summed E-state index contributed by atoms with van der Waals surface area (Å²) >= 11 is 0. The molecule has 0 amide bonds. The highest BCUT2D eigenvalue weighted by Crippen LogP contribution is 2.15.